The van der Waals surface area contributed by atoms with Gasteiger partial charge in [-0.15, -0.1) is 0 Å². The Labute approximate surface area is 187 Å². The van der Waals surface area contributed by atoms with Crippen LogP contribution in [0.2, 0.25) is 0 Å². The minimum absolute atomic E-state index is 0.192. The highest BCUT2D eigenvalue weighted by Crippen LogP contribution is 2.20. The van der Waals surface area contributed by atoms with Crippen molar-refractivity contribution in [1.82, 2.24) is 19.8 Å². The molecule has 1 heterocycles. The standard InChI is InChI=1S/C22H27FN4O4S/c1-16-3-8-20(13-17(16)2)32(30,31)27-11-9-26(10-12-27)21(28)15-25-22(29)24-14-18-4-6-19(23)7-5-18/h3-8,13H,9-12,14-15H2,1-2H3,(H2,24,25,29). The normalized spacial score (nSPS) is 14.8. The van der Waals surface area contributed by atoms with Crippen molar-refractivity contribution in [3.8, 4) is 0 Å². The molecule has 1 aliphatic heterocycles. The van der Waals surface area contributed by atoms with Crippen molar-refractivity contribution in [1.29, 1.82) is 0 Å². The van der Waals surface area contributed by atoms with Gasteiger partial charge in [0.25, 0.3) is 0 Å². The molecule has 0 saturated carbocycles. The van der Waals surface area contributed by atoms with Gasteiger partial charge in [0.15, 0.2) is 0 Å². The molecule has 0 bridgehead atoms. The maximum absolute atomic E-state index is 12.9. The van der Waals surface area contributed by atoms with Crippen molar-refractivity contribution in [2.24, 2.45) is 0 Å². The van der Waals surface area contributed by atoms with E-state index in [1.54, 1.807) is 30.3 Å². The molecule has 32 heavy (non-hydrogen) atoms. The molecule has 2 aromatic rings. The molecule has 1 aliphatic rings. The third-order valence-corrected chi connectivity index (χ3v) is 7.37. The highest BCUT2D eigenvalue weighted by molar-refractivity contribution is 7.89. The van der Waals surface area contributed by atoms with Crippen molar-refractivity contribution < 1.29 is 22.4 Å². The Bertz CT molecular complexity index is 1080. The number of piperazine rings is 1. The Kier molecular flexibility index (Phi) is 7.47. The van der Waals surface area contributed by atoms with Gasteiger partial charge in [-0.3, -0.25) is 4.79 Å². The van der Waals surface area contributed by atoms with Gasteiger partial charge in [0.2, 0.25) is 15.9 Å². The number of nitrogens with one attached hydrogen (secondary N) is 2. The number of rotatable bonds is 6. The topological polar surface area (TPSA) is 98.8 Å². The molecule has 0 aromatic heterocycles. The summed E-state index contributed by atoms with van der Waals surface area (Å²) in [6.45, 7) is 4.69. The molecule has 0 aliphatic carbocycles. The van der Waals surface area contributed by atoms with Gasteiger partial charge in [-0.1, -0.05) is 18.2 Å². The fourth-order valence-corrected chi connectivity index (χ4v) is 4.82. The maximum Gasteiger partial charge on any atom is 0.315 e. The molecule has 0 radical (unpaired) electrons. The Morgan fingerprint density at radius 1 is 0.938 bits per heavy atom. The number of hydrogen-bond acceptors (Lipinski definition) is 4. The lowest BCUT2D eigenvalue weighted by atomic mass is 10.1. The van der Waals surface area contributed by atoms with E-state index in [2.05, 4.69) is 10.6 Å². The van der Waals surface area contributed by atoms with Crippen LogP contribution in [0.3, 0.4) is 0 Å². The predicted octanol–water partition coefficient (Wildman–Crippen LogP) is 1.77. The van der Waals surface area contributed by atoms with E-state index in [0.29, 0.717) is 0 Å². The molecule has 1 fully saturated rings. The first-order chi connectivity index (χ1) is 15.2. The molecule has 0 unspecified atom stereocenters. The number of urea groups is 1. The van der Waals surface area contributed by atoms with Gasteiger partial charge in [0.1, 0.15) is 5.82 Å². The first-order valence-corrected chi connectivity index (χ1v) is 11.7. The maximum atomic E-state index is 12.9. The van der Waals surface area contributed by atoms with Gasteiger partial charge in [-0.2, -0.15) is 4.31 Å². The second-order valence-electron chi connectivity index (χ2n) is 7.69. The van der Waals surface area contributed by atoms with E-state index in [1.165, 1.54) is 21.3 Å². The average Bonchev–Trinajstić information content (AvgIpc) is 2.79. The zero-order chi connectivity index (χ0) is 23.3. The monoisotopic (exact) mass is 462 g/mol. The third kappa shape index (κ3) is 5.83. The van der Waals surface area contributed by atoms with Crippen molar-refractivity contribution >= 4 is 22.0 Å². The van der Waals surface area contributed by atoms with E-state index in [0.717, 1.165) is 16.7 Å². The Balaban J connectivity index is 1.45. The van der Waals surface area contributed by atoms with Crippen LogP contribution in [0.15, 0.2) is 47.4 Å². The van der Waals surface area contributed by atoms with Crippen LogP contribution in [0.5, 0.6) is 0 Å². The number of sulfonamides is 1. The number of aryl methyl sites for hydroxylation is 2. The van der Waals surface area contributed by atoms with E-state index < -0.39 is 16.1 Å². The van der Waals surface area contributed by atoms with Crippen LogP contribution in [0, 0.1) is 19.7 Å². The number of nitrogens with zero attached hydrogens (tertiary/aromatic N) is 2. The zero-order valence-electron chi connectivity index (χ0n) is 18.1. The zero-order valence-corrected chi connectivity index (χ0v) is 18.9. The molecule has 8 nitrogen and oxygen atoms in total. The summed E-state index contributed by atoms with van der Waals surface area (Å²) in [4.78, 5) is 26.1. The minimum Gasteiger partial charge on any atom is -0.339 e. The molecule has 2 N–H and O–H groups in total. The fourth-order valence-electron chi connectivity index (χ4n) is 3.32. The summed E-state index contributed by atoms with van der Waals surface area (Å²) in [6, 6.07) is 10.3. The van der Waals surface area contributed by atoms with Gasteiger partial charge >= 0.3 is 6.03 Å². The average molecular weight is 463 g/mol. The molecule has 2 aromatic carbocycles. The first-order valence-electron chi connectivity index (χ1n) is 10.3. The Hall–Kier alpha value is -2.98. The van der Waals surface area contributed by atoms with Gasteiger partial charge < -0.3 is 15.5 Å². The number of carbonyl (C=O) groups excluding carboxylic acids is 2. The van der Waals surface area contributed by atoms with Crippen LogP contribution in [0.4, 0.5) is 9.18 Å². The highest BCUT2D eigenvalue weighted by atomic mass is 32.2. The third-order valence-electron chi connectivity index (χ3n) is 5.47. The van der Waals surface area contributed by atoms with Gasteiger partial charge in [0.05, 0.1) is 11.4 Å². The number of amides is 3. The number of carbonyl (C=O) groups is 2. The van der Waals surface area contributed by atoms with Crippen LogP contribution in [0.25, 0.3) is 0 Å². The van der Waals surface area contributed by atoms with Gasteiger partial charge in [0, 0.05) is 32.7 Å². The molecule has 3 rings (SSSR count). The lowest BCUT2D eigenvalue weighted by Crippen LogP contribution is -2.53. The minimum atomic E-state index is -3.62. The van der Waals surface area contributed by atoms with Crippen LogP contribution in [0.1, 0.15) is 16.7 Å². The summed E-state index contributed by atoms with van der Waals surface area (Å²) < 4.78 is 40.1. The molecule has 10 heteroatoms. The summed E-state index contributed by atoms with van der Waals surface area (Å²) in [5.41, 5.74) is 2.66. The lowest BCUT2D eigenvalue weighted by molar-refractivity contribution is -0.131. The van der Waals surface area contributed by atoms with E-state index in [9.17, 15) is 22.4 Å². The summed E-state index contributed by atoms with van der Waals surface area (Å²) >= 11 is 0. The van der Waals surface area contributed by atoms with E-state index in [4.69, 9.17) is 0 Å². The fraction of sp³-hybridized carbons (Fsp3) is 0.364. The summed E-state index contributed by atoms with van der Waals surface area (Å²) in [5.74, 6) is -0.643. The van der Waals surface area contributed by atoms with Crippen LogP contribution >= 0.6 is 0 Å². The molecule has 0 spiro atoms. The van der Waals surface area contributed by atoms with Crippen LogP contribution in [-0.4, -0.2) is 62.3 Å². The SMILES string of the molecule is Cc1ccc(S(=O)(=O)N2CCN(C(=O)CNC(=O)NCc3ccc(F)cc3)CC2)cc1C. The van der Waals surface area contributed by atoms with E-state index in [-0.39, 0.29) is 55.9 Å². The molecule has 3 amide bonds. The van der Waals surface area contributed by atoms with Crippen molar-refractivity contribution in [2.45, 2.75) is 25.3 Å². The molecular weight excluding hydrogens is 435 g/mol. The van der Waals surface area contributed by atoms with Crippen molar-refractivity contribution in [3.63, 3.8) is 0 Å². The van der Waals surface area contributed by atoms with Gasteiger partial charge in [-0.25, -0.2) is 17.6 Å². The lowest BCUT2D eigenvalue weighted by Gasteiger charge is -2.34. The molecular formula is C22H27FN4O4S. The van der Waals surface area contributed by atoms with Crippen LogP contribution < -0.4 is 10.6 Å². The molecule has 0 atom stereocenters. The second kappa shape index (κ2) is 10.1. The van der Waals surface area contributed by atoms with Crippen LogP contribution in [-0.2, 0) is 21.4 Å². The highest BCUT2D eigenvalue weighted by Gasteiger charge is 2.30. The van der Waals surface area contributed by atoms with Gasteiger partial charge in [-0.05, 0) is 54.8 Å². The van der Waals surface area contributed by atoms with Crippen molar-refractivity contribution in [2.75, 3.05) is 32.7 Å². The summed E-state index contributed by atoms with van der Waals surface area (Å²) in [7, 11) is -3.62. The van der Waals surface area contributed by atoms with Crippen molar-refractivity contribution in [3.05, 3.63) is 65.0 Å². The summed E-state index contributed by atoms with van der Waals surface area (Å²) in [6.07, 6.45) is 0. The quantitative estimate of drug-likeness (QED) is 0.684. The smallest absolute Gasteiger partial charge is 0.315 e. The molecule has 1 saturated heterocycles. The largest absolute Gasteiger partial charge is 0.339 e. The Morgan fingerprint density at radius 2 is 1.59 bits per heavy atom. The Morgan fingerprint density at radius 3 is 2.22 bits per heavy atom. The number of benzene rings is 2. The van der Waals surface area contributed by atoms with E-state index >= 15 is 0 Å². The summed E-state index contributed by atoms with van der Waals surface area (Å²) in [5, 5.41) is 5.09. The predicted molar refractivity (Wildman–Crippen MR) is 118 cm³/mol. The van der Waals surface area contributed by atoms with E-state index in [1.807, 2.05) is 13.8 Å². The second-order valence-corrected chi connectivity index (χ2v) is 9.63. The first kappa shape index (κ1) is 23.7. The number of halogens is 1. The molecule has 172 valence electrons. The number of hydrogen-bond donors (Lipinski definition) is 2.